The second-order valence-electron chi connectivity index (χ2n) is 5.81. The van der Waals surface area contributed by atoms with Crippen LogP contribution in [-0.2, 0) is 4.74 Å². The number of rotatable bonds is 6. The summed E-state index contributed by atoms with van der Waals surface area (Å²) in [5.74, 6) is 0.486. The molecule has 2 heterocycles. The summed E-state index contributed by atoms with van der Waals surface area (Å²) in [7, 11) is 1.79. The van der Waals surface area contributed by atoms with Crippen molar-refractivity contribution in [2.75, 3.05) is 25.5 Å². The molecule has 2 rings (SSSR count). The number of anilines is 1. The normalized spacial score (nSPS) is 18.2. The topological polar surface area (TPSA) is 72.3 Å². The van der Waals surface area contributed by atoms with Crippen molar-refractivity contribution in [2.24, 2.45) is 0 Å². The SMILES string of the molecule is CC(C)n1cc(NC(=O)N(C)CCC[C@@H]2CCCO2)nn1. The van der Waals surface area contributed by atoms with E-state index in [2.05, 4.69) is 15.6 Å². The number of ether oxygens (including phenoxy) is 1. The summed E-state index contributed by atoms with van der Waals surface area (Å²) in [6.07, 6.45) is 6.39. The molecule has 1 aliphatic rings. The minimum atomic E-state index is -0.154. The quantitative estimate of drug-likeness (QED) is 0.874. The van der Waals surface area contributed by atoms with Crippen LogP contribution in [0.4, 0.5) is 10.6 Å². The van der Waals surface area contributed by atoms with E-state index in [1.165, 1.54) is 0 Å². The number of nitrogens with one attached hydrogen (secondary N) is 1. The smallest absolute Gasteiger partial charge is 0.322 e. The first-order valence-corrected chi connectivity index (χ1v) is 7.62. The number of nitrogens with zero attached hydrogens (tertiary/aromatic N) is 4. The van der Waals surface area contributed by atoms with Gasteiger partial charge in [0.2, 0.25) is 0 Å². The monoisotopic (exact) mass is 295 g/mol. The van der Waals surface area contributed by atoms with Crippen molar-refractivity contribution >= 4 is 11.8 Å². The van der Waals surface area contributed by atoms with Gasteiger partial charge in [-0.3, -0.25) is 5.32 Å². The summed E-state index contributed by atoms with van der Waals surface area (Å²) >= 11 is 0. The Bertz CT molecular complexity index is 454. The third-order valence-corrected chi connectivity index (χ3v) is 3.66. The van der Waals surface area contributed by atoms with Crippen molar-refractivity contribution in [3.8, 4) is 0 Å². The van der Waals surface area contributed by atoms with Crippen LogP contribution in [0.25, 0.3) is 0 Å². The van der Waals surface area contributed by atoms with Crippen molar-refractivity contribution in [1.29, 1.82) is 0 Å². The molecule has 1 aromatic heterocycles. The van der Waals surface area contributed by atoms with Gasteiger partial charge in [0.25, 0.3) is 0 Å². The molecule has 7 heteroatoms. The number of urea groups is 1. The Morgan fingerprint density at radius 1 is 1.62 bits per heavy atom. The van der Waals surface area contributed by atoms with Crippen molar-refractivity contribution in [3.05, 3.63) is 6.20 Å². The molecule has 1 aromatic rings. The maximum atomic E-state index is 12.0. The predicted molar refractivity (Wildman–Crippen MR) is 80.3 cm³/mol. The van der Waals surface area contributed by atoms with Gasteiger partial charge < -0.3 is 9.64 Å². The Kier molecular flexibility index (Phi) is 5.55. The largest absolute Gasteiger partial charge is 0.378 e. The van der Waals surface area contributed by atoms with Crippen molar-refractivity contribution in [1.82, 2.24) is 19.9 Å². The van der Waals surface area contributed by atoms with E-state index in [-0.39, 0.29) is 12.1 Å². The molecule has 1 N–H and O–H groups in total. The molecule has 7 nitrogen and oxygen atoms in total. The first-order chi connectivity index (χ1) is 10.1. The van der Waals surface area contributed by atoms with Crippen LogP contribution < -0.4 is 5.32 Å². The number of hydrogen-bond acceptors (Lipinski definition) is 4. The van der Waals surface area contributed by atoms with Gasteiger partial charge in [-0.2, -0.15) is 0 Å². The molecule has 1 aliphatic heterocycles. The number of amides is 2. The van der Waals surface area contributed by atoms with Crippen molar-refractivity contribution in [2.45, 2.75) is 51.7 Å². The number of carbonyl (C=O) groups is 1. The number of carbonyl (C=O) groups excluding carboxylic acids is 1. The van der Waals surface area contributed by atoms with Crippen molar-refractivity contribution < 1.29 is 9.53 Å². The van der Waals surface area contributed by atoms with Crippen LogP contribution in [0.3, 0.4) is 0 Å². The summed E-state index contributed by atoms with van der Waals surface area (Å²) in [5.41, 5.74) is 0. The summed E-state index contributed by atoms with van der Waals surface area (Å²) in [5, 5.41) is 10.7. The van der Waals surface area contributed by atoms with Gasteiger partial charge in [0.15, 0.2) is 5.82 Å². The summed E-state index contributed by atoms with van der Waals surface area (Å²) < 4.78 is 7.29. The standard InChI is InChI=1S/C14H25N5O2/c1-11(2)19-10-13(16-17-19)15-14(20)18(3)8-4-6-12-7-5-9-21-12/h10-12H,4-9H2,1-3H3,(H,15,20)/t12-/m1/s1. The molecule has 1 fully saturated rings. The molecule has 0 aromatic carbocycles. The van der Waals surface area contributed by atoms with Gasteiger partial charge >= 0.3 is 6.03 Å². The second-order valence-corrected chi connectivity index (χ2v) is 5.81. The minimum Gasteiger partial charge on any atom is -0.378 e. The fraction of sp³-hybridized carbons (Fsp3) is 0.786. The van der Waals surface area contributed by atoms with E-state index in [1.807, 2.05) is 13.8 Å². The zero-order chi connectivity index (χ0) is 15.2. The average molecular weight is 295 g/mol. The van der Waals surface area contributed by atoms with Gasteiger partial charge in [0.05, 0.1) is 12.3 Å². The number of hydrogen-bond donors (Lipinski definition) is 1. The van der Waals surface area contributed by atoms with Crippen LogP contribution in [0.2, 0.25) is 0 Å². The molecule has 0 unspecified atom stereocenters. The van der Waals surface area contributed by atoms with Gasteiger partial charge in [-0.05, 0) is 39.5 Å². The molecule has 1 saturated heterocycles. The molecular weight excluding hydrogens is 270 g/mol. The van der Waals surface area contributed by atoms with E-state index in [9.17, 15) is 4.79 Å². The fourth-order valence-electron chi connectivity index (χ4n) is 2.32. The first-order valence-electron chi connectivity index (χ1n) is 7.62. The first kappa shape index (κ1) is 15.8. The van der Waals surface area contributed by atoms with E-state index < -0.39 is 0 Å². The fourth-order valence-corrected chi connectivity index (χ4v) is 2.32. The molecule has 0 spiro atoms. The highest BCUT2D eigenvalue weighted by Gasteiger charge is 2.16. The van der Waals surface area contributed by atoms with Crippen LogP contribution in [0.1, 0.15) is 45.6 Å². The summed E-state index contributed by atoms with van der Waals surface area (Å²) in [6, 6.07) is 0.0745. The van der Waals surface area contributed by atoms with Crippen LogP contribution in [0.15, 0.2) is 6.20 Å². The zero-order valence-electron chi connectivity index (χ0n) is 13.1. The molecule has 0 aliphatic carbocycles. The van der Waals surface area contributed by atoms with E-state index in [0.717, 1.165) is 32.3 Å². The summed E-state index contributed by atoms with van der Waals surface area (Å²) in [6.45, 7) is 5.62. The predicted octanol–water partition coefficient (Wildman–Crippen LogP) is 2.28. The third kappa shape index (κ3) is 4.70. The highest BCUT2D eigenvalue weighted by molar-refractivity contribution is 5.87. The molecule has 0 saturated carbocycles. The third-order valence-electron chi connectivity index (χ3n) is 3.66. The Labute approximate surface area is 125 Å². The maximum absolute atomic E-state index is 12.0. The van der Waals surface area contributed by atoms with Gasteiger partial charge in [-0.1, -0.05) is 5.21 Å². The molecular formula is C14H25N5O2. The average Bonchev–Trinajstić information content (AvgIpc) is 3.09. The van der Waals surface area contributed by atoms with Gasteiger partial charge in [0, 0.05) is 26.2 Å². The van der Waals surface area contributed by atoms with Crippen LogP contribution in [0.5, 0.6) is 0 Å². The zero-order valence-corrected chi connectivity index (χ0v) is 13.1. The Balaban J connectivity index is 1.71. The Morgan fingerprint density at radius 2 is 2.43 bits per heavy atom. The van der Waals surface area contributed by atoms with Crippen LogP contribution in [-0.4, -0.2) is 52.2 Å². The van der Waals surface area contributed by atoms with Crippen LogP contribution >= 0.6 is 0 Å². The Hall–Kier alpha value is -1.63. The highest BCUT2D eigenvalue weighted by atomic mass is 16.5. The highest BCUT2D eigenvalue weighted by Crippen LogP contribution is 2.17. The molecule has 0 radical (unpaired) electrons. The van der Waals surface area contributed by atoms with Gasteiger partial charge in [0.1, 0.15) is 0 Å². The second kappa shape index (κ2) is 7.40. The van der Waals surface area contributed by atoms with E-state index in [0.29, 0.717) is 18.5 Å². The number of aromatic nitrogens is 3. The molecule has 21 heavy (non-hydrogen) atoms. The van der Waals surface area contributed by atoms with E-state index in [1.54, 1.807) is 22.8 Å². The lowest BCUT2D eigenvalue weighted by molar-refractivity contribution is 0.101. The van der Waals surface area contributed by atoms with E-state index >= 15 is 0 Å². The van der Waals surface area contributed by atoms with Crippen LogP contribution in [0, 0.1) is 0 Å². The van der Waals surface area contributed by atoms with Gasteiger partial charge in [-0.15, -0.1) is 5.10 Å². The lowest BCUT2D eigenvalue weighted by atomic mass is 10.1. The lowest BCUT2D eigenvalue weighted by Gasteiger charge is -2.18. The van der Waals surface area contributed by atoms with Crippen molar-refractivity contribution in [3.63, 3.8) is 0 Å². The van der Waals surface area contributed by atoms with Gasteiger partial charge in [-0.25, -0.2) is 9.48 Å². The minimum absolute atomic E-state index is 0.154. The molecule has 0 bridgehead atoms. The maximum Gasteiger partial charge on any atom is 0.322 e. The molecule has 2 amide bonds. The Morgan fingerprint density at radius 3 is 3.05 bits per heavy atom. The summed E-state index contributed by atoms with van der Waals surface area (Å²) in [4.78, 5) is 13.7. The van der Waals surface area contributed by atoms with E-state index in [4.69, 9.17) is 4.74 Å². The lowest BCUT2D eigenvalue weighted by Crippen LogP contribution is -2.32. The molecule has 1 atom stereocenters. The molecule has 118 valence electrons.